The predicted molar refractivity (Wildman–Crippen MR) is 54.4 cm³/mol. The third-order valence-electron chi connectivity index (χ3n) is 3.17. The zero-order chi connectivity index (χ0) is 14.3. The highest BCUT2D eigenvalue weighted by atomic mass is 16.8. The van der Waals surface area contributed by atoms with Crippen LogP contribution < -0.4 is 0 Å². The quantitative estimate of drug-likeness (QED) is 0.548. The van der Waals surface area contributed by atoms with Crippen molar-refractivity contribution in [1.29, 1.82) is 0 Å². The molecule has 9 heteroatoms. The molecule has 19 heavy (non-hydrogen) atoms. The molecule has 0 saturated carbocycles. The van der Waals surface area contributed by atoms with Crippen LogP contribution in [0.15, 0.2) is 0 Å². The minimum Gasteiger partial charge on any atom is -0.479 e. The fourth-order valence-corrected chi connectivity index (χ4v) is 2.14. The predicted octanol–water partition coefficient (Wildman–Crippen LogP) is -1.10. The van der Waals surface area contributed by atoms with Crippen LogP contribution >= 0.6 is 0 Å². The molecule has 0 aliphatic carbocycles. The second-order valence-electron chi connectivity index (χ2n) is 4.33. The molecule has 2 heterocycles. The molecule has 106 valence electrons. The highest BCUT2D eigenvalue weighted by molar-refractivity contribution is 6.02. The third-order valence-corrected chi connectivity index (χ3v) is 3.17. The summed E-state index contributed by atoms with van der Waals surface area (Å²) in [7, 11) is 0. The maximum Gasteiger partial charge on any atom is 0.350 e. The third kappa shape index (κ3) is 1.95. The molecule has 1 spiro atoms. The van der Waals surface area contributed by atoms with Crippen LogP contribution in [0.3, 0.4) is 0 Å². The van der Waals surface area contributed by atoms with Crippen LogP contribution in [0.1, 0.15) is 12.8 Å². The monoisotopic (exact) mass is 276 g/mol. The second kappa shape index (κ2) is 4.44. The summed E-state index contributed by atoms with van der Waals surface area (Å²) in [6, 6.07) is 0. The molecule has 0 amide bonds. The molecule has 0 aromatic heterocycles. The first kappa shape index (κ1) is 13.7. The molecule has 2 rings (SSSR count). The minimum absolute atomic E-state index is 0.194. The summed E-state index contributed by atoms with van der Waals surface area (Å²) in [5.74, 6) is -6.79. The average molecular weight is 276 g/mol. The Bertz CT molecular complexity index is 409. The molecule has 0 aromatic rings. The van der Waals surface area contributed by atoms with E-state index in [0.29, 0.717) is 6.42 Å². The van der Waals surface area contributed by atoms with E-state index in [9.17, 15) is 14.4 Å². The fourth-order valence-electron chi connectivity index (χ4n) is 2.14. The Balaban J connectivity index is 2.35. The van der Waals surface area contributed by atoms with Crippen molar-refractivity contribution in [1.82, 2.24) is 0 Å². The Kier molecular flexibility index (Phi) is 3.20. The molecule has 9 nitrogen and oxygen atoms in total. The van der Waals surface area contributed by atoms with E-state index in [1.165, 1.54) is 0 Å². The van der Waals surface area contributed by atoms with E-state index in [-0.39, 0.29) is 13.0 Å². The lowest BCUT2D eigenvalue weighted by molar-refractivity contribution is -0.334. The Hall–Kier alpha value is -1.71. The number of hydrogen-bond acceptors (Lipinski definition) is 6. The smallest absolute Gasteiger partial charge is 0.350 e. The van der Waals surface area contributed by atoms with Crippen molar-refractivity contribution in [2.45, 2.75) is 30.3 Å². The van der Waals surface area contributed by atoms with Crippen LogP contribution in [0.2, 0.25) is 0 Å². The van der Waals surface area contributed by atoms with Gasteiger partial charge in [0, 0.05) is 6.42 Å². The molecule has 1 unspecified atom stereocenters. The van der Waals surface area contributed by atoms with Crippen molar-refractivity contribution in [2.24, 2.45) is 0 Å². The van der Waals surface area contributed by atoms with Gasteiger partial charge < -0.3 is 29.5 Å². The van der Waals surface area contributed by atoms with Gasteiger partial charge in [-0.05, 0) is 6.42 Å². The summed E-state index contributed by atoms with van der Waals surface area (Å²) in [4.78, 5) is 33.3. The van der Waals surface area contributed by atoms with Crippen LogP contribution in [-0.2, 0) is 28.6 Å². The molecule has 2 saturated heterocycles. The zero-order valence-corrected chi connectivity index (χ0v) is 9.70. The van der Waals surface area contributed by atoms with Gasteiger partial charge in [0.1, 0.15) is 6.61 Å². The maximum atomic E-state index is 11.2. The van der Waals surface area contributed by atoms with Gasteiger partial charge in [0.15, 0.2) is 0 Å². The molecular formula is C10H12O9. The molecule has 3 N–H and O–H groups in total. The van der Waals surface area contributed by atoms with E-state index in [1.54, 1.807) is 0 Å². The highest BCUT2D eigenvalue weighted by Crippen LogP contribution is 2.39. The van der Waals surface area contributed by atoms with Crippen molar-refractivity contribution in [3.63, 3.8) is 0 Å². The van der Waals surface area contributed by atoms with E-state index in [0.717, 1.165) is 0 Å². The number of ether oxygens (including phenoxy) is 3. The fraction of sp³-hybridized carbons (Fsp3) is 0.700. The molecule has 0 radical (unpaired) electrons. The van der Waals surface area contributed by atoms with Crippen LogP contribution in [0.5, 0.6) is 0 Å². The summed E-state index contributed by atoms with van der Waals surface area (Å²) in [6.45, 7) is -0.582. The molecule has 2 aliphatic rings. The van der Waals surface area contributed by atoms with Gasteiger partial charge in [0.05, 0.1) is 6.61 Å². The molecular weight excluding hydrogens is 264 g/mol. The van der Waals surface area contributed by atoms with E-state index in [4.69, 9.17) is 29.5 Å². The first-order valence-corrected chi connectivity index (χ1v) is 5.49. The zero-order valence-electron chi connectivity index (χ0n) is 9.70. The van der Waals surface area contributed by atoms with Gasteiger partial charge in [-0.3, -0.25) is 0 Å². The topological polar surface area (TPSA) is 140 Å². The SMILES string of the molecule is O=C(O)C1OC(C(=O)O)(C(=O)O)CO[C@@]12CCCO2. The lowest BCUT2D eigenvalue weighted by Crippen LogP contribution is -2.67. The van der Waals surface area contributed by atoms with Crippen molar-refractivity contribution in [2.75, 3.05) is 13.2 Å². The van der Waals surface area contributed by atoms with Gasteiger partial charge in [0.25, 0.3) is 5.60 Å². The van der Waals surface area contributed by atoms with Crippen molar-refractivity contribution >= 4 is 17.9 Å². The van der Waals surface area contributed by atoms with Crippen LogP contribution in [0.4, 0.5) is 0 Å². The molecule has 2 aliphatic heterocycles. The van der Waals surface area contributed by atoms with E-state index in [1.807, 2.05) is 0 Å². The largest absolute Gasteiger partial charge is 0.479 e. The standard InChI is InChI=1S/C10H12O9/c11-6(12)5-10(2-1-3-17-10)18-4-9(19-5,7(13)14)8(15)16/h5H,1-4H2,(H,11,12)(H,13,14)(H,15,16)/t5?,10-/m0/s1. The lowest BCUT2D eigenvalue weighted by atomic mass is 9.98. The summed E-state index contributed by atoms with van der Waals surface area (Å²) < 4.78 is 15.2. The van der Waals surface area contributed by atoms with E-state index >= 15 is 0 Å². The van der Waals surface area contributed by atoms with Crippen LogP contribution in [0.25, 0.3) is 0 Å². The second-order valence-corrected chi connectivity index (χ2v) is 4.33. The lowest BCUT2D eigenvalue weighted by Gasteiger charge is -2.43. The number of hydrogen-bond donors (Lipinski definition) is 3. The van der Waals surface area contributed by atoms with Gasteiger partial charge in [-0.1, -0.05) is 0 Å². The summed E-state index contributed by atoms with van der Waals surface area (Å²) in [5, 5.41) is 27.0. The van der Waals surface area contributed by atoms with Crippen LogP contribution in [-0.4, -0.2) is 63.9 Å². The molecule has 0 bridgehead atoms. The van der Waals surface area contributed by atoms with Gasteiger partial charge >= 0.3 is 17.9 Å². The Morgan fingerprint density at radius 3 is 2.11 bits per heavy atom. The van der Waals surface area contributed by atoms with E-state index < -0.39 is 42.0 Å². The van der Waals surface area contributed by atoms with Gasteiger partial charge in [0.2, 0.25) is 11.9 Å². The summed E-state index contributed by atoms with van der Waals surface area (Å²) in [5.41, 5.74) is -2.74. The average Bonchev–Trinajstić information content (AvgIpc) is 2.78. The first-order chi connectivity index (χ1) is 8.84. The minimum atomic E-state index is -2.74. The number of carbonyl (C=O) groups is 3. The van der Waals surface area contributed by atoms with Crippen molar-refractivity contribution < 1.29 is 43.9 Å². The normalized spacial score (nSPS) is 33.2. The molecule has 0 aromatic carbocycles. The number of rotatable bonds is 3. The van der Waals surface area contributed by atoms with Gasteiger partial charge in [-0.15, -0.1) is 0 Å². The number of carboxylic acid groups (broad SMARTS) is 3. The van der Waals surface area contributed by atoms with Gasteiger partial charge in [-0.25, -0.2) is 14.4 Å². The maximum absolute atomic E-state index is 11.2. The van der Waals surface area contributed by atoms with E-state index in [2.05, 4.69) is 0 Å². The Labute approximate surface area is 106 Å². The number of carboxylic acids is 3. The molecule has 2 atom stereocenters. The number of aliphatic carboxylic acids is 3. The van der Waals surface area contributed by atoms with Gasteiger partial charge in [-0.2, -0.15) is 0 Å². The Morgan fingerprint density at radius 1 is 1.05 bits per heavy atom. The molecule has 2 fully saturated rings. The van der Waals surface area contributed by atoms with Crippen molar-refractivity contribution in [3.8, 4) is 0 Å². The first-order valence-electron chi connectivity index (χ1n) is 5.49. The Morgan fingerprint density at radius 2 is 1.68 bits per heavy atom. The summed E-state index contributed by atoms with van der Waals surface area (Å²) in [6.07, 6.45) is -1.10. The summed E-state index contributed by atoms with van der Waals surface area (Å²) >= 11 is 0. The van der Waals surface area contributed by atoms with Crippen molar-refractivity contribution in [3.05, 3.63) is 0 Å². The van der Waals surface area contributed by atoms with Crippen LogP contribution in [0, 0.1) is 0 Å². The highest BCUT2D eigenvalue weighted by Gasteiger charge is 2.63.